The molecular formula is C17H19N5O2. The van der Waals surface area contributed by atoms with Gasteiger partial charge in [0.05, 0.1) is 6.21 Å². The highest BCUT2D eigenvalue weighted by molar-refractivity contribution is 5.95. The Morgan fingerprint density at radius 3 is 2.25 bits per heavy atom. The van der Waals surface area contributed by atoms with Crippen molar-refractivity contribution in [3.8, 4) is 0 Å². The molecule has 2 aromatic carbocycles. The minimum Gasteiger partial charge on any atom is -0.378 e. The number of hydrogen-bond acceptors (Lipinski definition) is 4. The minimum atomic E-state index is -0.638. The molecule has 0 aliphatic carbocycles. The van der Waals surface area contributed by atoms with E-state index in [1.54, 1.807) is 30.3 Å². The molecule has 0 radical (unpaired) electrons. The molecule has 0 saturated heterocycles. The normalized spacial score (nSPS) is 10.2. The summed E-state index contributed by atoms with van der Waals surface area (Å²) in [6, 6.07) is 15.6. The summed E-state index contributed by atoms with van der Waals surface area (Å²) in [6.07, 6.45) is 1.51. The minimum absolute atomic E-state index is 0.408. The molecule has 0 heterocycles. The van der Waals surface area contributed by atoms with Gasteiger partial charge in [0, 0.05) is 25.3 Å². The Kier molecular flexibility index (Phi) is 5.90. The third-order valence-corrected chi connectivity index (χ3v) is 3.11. The van der Waals surface area contributed by atoms with Crippen LogP contribution in [0.1, 0.15) is 15.9 Å². The van der Waals surface area contributed by atoms with Gasteiger partial charge in [0.15, 0.2) is 0 Å². The predicted molar refractivity (Wildman–Crippen MR) is 93.9 cm³/mol. The van der Waals surface area contributed by atoms with E-state index in [2.05, 4.69) is 21.4 Å². The second-order valence-corrected chi connectivity index (χ2v) is 5.13. The second-order valence-electron chi connectivity index (χ2n) is 5.13. The molecular weight excluding hydrogens is 306 g/mol. The van der Waals surface area contributed by atoms with Crippen LogP contribution in [0, 0.1) is 0 Å². The summed E-state index contributed by atoms with van der Waals surface area (Å²) in [4.78, 5) is 25.3. The lowest BCUT2D eigenvalue weighted by molar-refractivity contribution is 0.0936. The van der Waals surface area contributed by atoms with Crippen LogP contribution < -0.4 is 21.2 Å². The van der Waals surface area contributed by atoms with E-state index in [0.717, 1.165) is 11.3 Å². The Bertz CT molecular complexity index is 712. The van der Waals surface area contributed by atoms with Crippen LogP contribution in [-0.2, 0) is 0 Å². The van der Waals surface area contributed by atoms with Crippen LogP contribution in [0.15, 0.2) is 59.7 Å². The number of urea groups is 1. The zero-order chi connectivity index (χ0) is 17.4. The average molecular weight is 325 g/mol. The van der Waals surface area contributed by atoms with E-state index in [9.17, 15) is 9.59 Å². The Labute approximate surface area is 140 Å². The van der Waals surface area contributed by atoms with Gasteiger partial charge in [-0.25, -0.2) is 15.6 Å². The fraction of sp³-hybridized carbons (Fsp3) is 0.118. The maximum absolute atomic E-state index is 11.7. The van der Waals surface area contributed by atoms with Gasteiger partial charge in [-0.15, -0.1) is 0 Å². The molecule has 7 heteroatoms. The highest BCUT2D eigenvalue weighted by Crippen LogP contribution is 2.10. The van der Waals surface area contributed by atoms with E-state index in [1.165, 1.54) is 6.21 Å². The molecule has 0 saturated carbocycles. The van der Waals surface area contributed by atoms with Crippen molar-refractivity contribution in [2.45, 2.75) is 0 Å². The summed E-state index contributed by atoms with van der Waals surface area (Å²) in [5.74, 6) is -0.408. The quantitative estimate of drug-likeness (QED) is 0.591. The van der Waals surface area contributed by atoms with E-state index in [-0.39, 0.29) is 0 Å². The third kappa shape index (κ3) is 5.13. The average Bonchev–Trinajstić information content (AvgIpc) is 2.61. The van der Waals surface area contributed by atoms with Crippen LogP contribution in [-0.4, -0.2) is 32.2 Å². The zero-order valence-corrected chi connectivity index (χ0v) is 13.5. The van der Waals surface area contributed by atoms with Gasteiger partial charge in [-0.05, 0) is 29.8 Å². The molecule has 0 spiro atoms. The van der Waals surface area contributed by atoms with Crippen molar-refractivity contribution >= 4 is 23.8 Å². The van der Waals surface area contributed by atoms with E-state index < -0.39 is 11.9 Å². The molecule has 0 aliphatic heterocycles. The second kappa shape index (κ2) is 8.33. The lowest BCUT2D eigenvalue weighted by Crippen LogP contribution is -2.45. The van der Waals surface area contributed by atoms with Crippen LogP contribution in [0.3, 0.4) is 0 Å². The highest BCUT2D eigenvalue weighted by Gasteiger charge is 2.05. The SMILES string of the molecule is CN(C)c1ccc(C=NNC(=O)NNC(=O)c2ccccc2)cc1. The molecule has 0 fully saturated rings. The van der Waals surface area contributed by atoms with E-state index in [0.29, 0.717) is 5.56 Å². The lowest BCUT2D eigenvalue weighted by atomic mass is 10.2. The molecule has 0 aromatic heterocycles. The molecule has 2 aromatic rings. The van der Waals surface area contributed by atoms with Crippen LogP contribution in [0.5, 0.6) is 0 Å². The summed E-state index contributed by atoms with van der Waals surface area (Å²) in [5.41, 5.74) is 9.14. The molecule has 0 atom stereocenters. The van der Waals surface area contributed by atoms with Gasteiger partial charge in [0.1, 0.15) is 0 Å². The van der Waals surface area contributed by atoms with Crippen LogP contribution in [0.2, 0.25) is 0 Å². The number of nitrogens with one attached hydrogen (secondary N) is 3. The van der Waals surface area contributed by atoms with Crippen molar-refractivity contribution in [1.29, 1.82) is 0 Å². The summed E-state index contributed by atoms with van der Waals surface area (Å²) in [6.45, 7) is 0. The third-order valence-electron chi connectivity index (χ3n) is 3.11. The topological polar surface area (TPSA) is 85.8 Å². The number of nitrogens with zero attached hydrogens (tertiary/aromatic N) is 2. The molecule has 7 nitrogen and oxygen atoms in total. The van der Waals surface area contributed by atoms with Crippen molar-refractivity contribution in [3.05, 3.63) is 65.7 Å². The predicted octanol–water partition coefficient (Wildman–Crippen LogP) is 1.73. The first-order chi connectivity index (χ1) is 11.6. The first-order valence-electron chi connectivity index (χ1n) is 7.28. The van der Waals surface area contributed by atoms with Crippen LogP contribution >= 0.6 is 0 Å². The summed E-state index contributed by atoms with van der Waals surface area (Å²) >= 11 is 0. The van der Waals surface area contributed by atoms with Crippen molar-refractivity contribution in [2.75, 3.05) is 19.0 Å². The van der Waals surface area contributed by atoms with Gasteiger partial charge in [0.2, 0.25) is 0 Å². The largest absolute Gasteiger partial charge is 0.378 e. The number of amides is 3. The fourth-order valence-corrected chi connectivity index (χ4v) is 1.83. The van der Waals surface area contributed by atoms with Crippen LogP contribution in [0.25, 0.3) is 0 Å². The first kappa shape index (κ1) is 17.0. The van der Waals surface area contributed by atoms with Crippen molar-refractivity contribution in [2.24, 2.45) is 5.10 Å². The Morgan fingerprint density at radius 1 is 0.958 bits per heavy atom. The highest BCUT2D eigenvalue weighted by atomic mass is 16.2. The molecule has 2 rings (SSSR count). The Morgan fingerprint density at radius 2 is 1.62 bits per heavy atom. The molecule has 0 bridgehead atoms. The van der Waals surface area contributed by atoms with Crippen molar-refractivity contribution < 1.29 is 9.59 Å². The summed E-state index contributed by atoms with van der Waals surface area (Å²) in [5, 5.41) is 3.81. The van der Waals surface area contributed by atoms with Gasteiger partial charge in [-0.2, -0.15) is 5.10 Å². The zero-order valence-electron chi connectivity index (χ0n) is 13.5. The van der Waals surface area contributed by atoms with Gasteiger partial charge < -0.3 is 4.90 Å². The smallest absolute Gasteiger partial charge is 0.353 e. The summed E-state index contributed by atoms with van der Waals surface area (Å²) in [7, 11) is 3.91. The van der Waals surface area contributed by atoms with Crippen molar-refractivity contribution in [3.63, 3.8) is 0 Å². The summed E-state index contributed by atoms with van der Waals surface area (Å²) < 4.78 is 0. The van der Waals surface area contributed by atoms with E-state index in [1.807, 2.05) is 43.3 Å². The Hall–Kier alpha value is -3.35. The molecule has 0 unspecified atom stereocenters. The van der Waals surface area contributed by atoms with Gasteiger partial charge in [-0.3, -0.25) is 10.2 Å². The number of carbonyl (C=O) groups excluding carboxylic acids is 2. The maximum atomic E-state index is 11.7. The molecule has 3 amide bonds. The monoisotopic (exact) mass is 325 g/mol. The van der Waals surface area contributed by atoms with Gasteiger partial charge in [0.25, 0.3) is 5.91 Å². The first-order valence-corrected chi connectivity index (χ1v) is 7.28. The maximum Gasteiger partial charge on any atom is 0.353 e. The molecule has 0 aliphatic rings. The molecule has 24 heavy (non-hydrogen) atoms. The number of rotatable bonds is 4. The number of anilines is 1. The number of benzene rings is 2. The number of hydrogen-bond donors (Lipinski definition) is 3. The van der Waals surface area contributed by atoms with Gasteiger partial charge >= 0.3 is 6.03 Å². The lowest BCUT2D eigenvalue weighted by Gasteiger charge is -2.11. The van der Waals surface area contributed by atoms with E-state index in [4.69, 9.17) is 0 Å². The van der Waals surface area contributed by atoms with Gasteiger partial charge in [-0.1, -0.05) is 30.3 Å². The van der Waals surface area contributed by atoms with Crippen LogP contribution in [0.4, 0.5) is 10.5 Å². The van der Waals surface area contributed by atoms with Crippen molar-refractivity contribution in [1.82, 2.24) is 16.3 Å². The standard InChI is InChI=1S/C17H19N5O2/c1-22(2)15-10-8-13(9-11-15)12-18-20-17(24)21-19-16(23)14-6-4-3-5-7-14/h3-12H,1-2H3,(H,19,23)(H2,20,21,24). The number of hydrazine groups is 1. The number of hydrazone groups is 1. The molecule has 124 valence electrons. The Balaban J connectivity index is 1.77. The van der Waals surface area contributed by atoms with E-state index >= 15 is 0 Å². The number of carbonyl (C=O) groups is 2. The molecule has 3 N–H and O–H groups in total. The fourth-order valence-electron chi connectivity index (χ4n) is 1.83.